The summed E-state index contributed by atoms with van der Waals surface area (Å²) in [5.41, 5.74) is -0.462. The molecule has 1 heterocycles. The number of hydrogen-bond donors (Lipinski definition) is 1. The molecule has 1 aliphatic carbocycles. The molecule has 1 saturated carbocycles. The lowest BCUT2D eigenvalue weighted by atomic mass is 10.3. The van der Waals surface area contributed by atoms with Crippen molar-refractivity contribution in [3.05, 3.63) is 17.8 Å². The molecule has 1 aliphatic rings. The van der Waals surface area contributed by atoms with Crippen LogP contribution in [0.1, 0.15) is 23.2 Å². The highest BCUT2D eigenvalue weighted by Gasteiger charge is 2.56. The Morgan fingerprint density at radius 1 is 1.48 bits per heavy atom. The molecule has 1 fully saturated rings. The van der Waals surface area contributed by atoms with Crippen LogP contribution in [0.3, 0.4) is 0 Å². The number of carbonyl (C=O) groups excluding carboxylic acids is 1. The second kappa shape index (κ2) is 7.30. The number of primary amides is 1. The van der Waals surface area contributed by atoms with Crippen LogP contribution in [-0.2, 0) is 10.0 Å². The number of alkyl halides is 4. The van der Waals surface area contributed by atoms with Crippen LogP contribution >= 0.6 is 11.6 Å². The van der Waals surface area contributed by atoms with Gasteiger partial charge in [-0.15, -0.1) is 16.7 Å². The number of rotatable bonds is 8. The van der Waals surface area contributed by atoms with E-state index < -0.39 is 46.0 Å². The van der Waals surface area contributed by atoms with Gasteiger partial charge in [0, 0.05) is 11.9 Å². The van der Waals surface area contributed by atoms with Gasteiger partial charge in [0.25, 0.3) is 5.91 Å². The van der Waals surface area contributed by atoms with Crippen LogP contribution in [0, 0.1) is 0 Å². The van der Waals surface area contributed by atoms with Gasteiger partial charge in [-0.25, -0.2) is 8.42 Å². The lowest BCUT2D eigenvalue weighted by molar-refractivity contribution is -0.0506. The van der Waals surface area contributed by atoms with Gasteiger partial charge in [0.15, 0.2) is 0 Å². The Balaban J connectivity index is 2.22. The summed E-state index contributed by atoms with van der Waals surface area (Å²) in [6.45, 7) is -0.547. The number of carbonyl (C=O) groups is 1. The van der Waals surface area contributed by atoms with Crippen molar-refractivity contribution in [1.29, 1.82) is 0 Å². The van der Waals surface area contributed by atoms with E-state index in [9.17, 15) is 26.4 Å². The highest BCUT2D eigenvalue weighted by atomic mass is 35.5. The number of amides is 1. The van der Waals surface area contributed by atoms with Crippen LogP contribution in [0.25, 0.3) is 0 Å². The zero-order valence-electron chi connectivity index (χ0n) is 12.6. The van der Waals surface area contributed by atoms with E-state index in [1.165, 1.54) is 12.3 Å². The zero-order valence-corrected chi connectivity index (χ0v) is 14.2. The molecule has 0 bridgehead atoms. The molecule has 2 rings (SSSR count). The summed E-state index contributed by atoms with van der Waals surface area (Å²) >= 11 is 5.68. The maximum absolute atomic E-state index is 12.9. The second-order valence-electron chi connectivity index (χ2n) is 5.25. The molecule has 0 unspecified atom stereocenters. The van der Waals surface area contributed by atoms with Gasteiger partial charge in [-0.3, -0.25) is 4.79 Å². The summed E-state index contributed by atoms with van der Waals surface area (Å²) < 4.78 is 67.8. The van der Waals surface area contributed by atoms with Crippen molar-refractivity contribution in [2.24, 2.45) is 5.73 Å². The topological polar surface area (TPSA) is 115 Å². The maximum Gasteiger partial charge on any atom is 0.511 e. The molecule has 1 aromatic heterocycles. The molecule has 25 heavy (non-hydrogen) atoms. The van der Waals surface area contributed by atoms with Gasteiger partial charge in [0.1, 0.15) is 12.2 Å². The van der Waals surface area contributed by atoms with Gasteiger partial charge in [0.2, 0.25) is 5.88 Å². The van der Waals surface area contributed by atoms with Gasteiger partial charge >= 0.3 is 15.5 Å². The Morgan fingerprint density at radius 2 is 2.12 bits per heavy atom. The number of nitrogens with two attached hydrogens (primary N) is 1. The van der Waals surface area contributed by atoms with Gasteiger partial charge in [0.05, 0.1) is 12.2 Å². The van der Waals surface area contributed by atoms with Gasteiger partial charge in [-0.05, 0) is 18.9 Å². The molecule has 0 aromatic carbocycles. The minimum atomic E-state index is -5.58. The fourth-order valence-electron chi connectivity index (χ4n) is 2.11. The Kier molecular flexibility index (Phi) is 5.74. The van der Waals surface area contributed by atoms with E-state index in [0.29, 0.717) is 17.1 Å². The van der Waals surface area contributed by atoms with E-state index in [0.717, 1.165) is 0 Å². The van der Waals surface area contributed by atoms with Gasteiger partial charge in [-0.1, -0.05) is 0 Å². The van der Waals surface area contributed by atoms with E-state index in [1.807, 2.05) is 0 Å². The molecule has 13 heteroatoms. The standard InChI is InChI=1S/C12H14ClF3N4O4S/c13-5-8(6-24-11-9(10(17)21)3-4-18-19-11)20(7-1-2-7)25(22,23)12(14,15)16/h3-4,7-8H,1-2,5-6H2,(H2,17,21)/t8-/m1/s1. The smallest absolute Gasteiger partial charge is 0.474 e. The van der Waals surface area contributed by atoms with E-state index in [1.54, 1.807) is 0 Å². The van der Waals surface area contributed by atoms with Crippen molar-refractivity contribution in [2.45, 2.75) is 30.4 Å². The van der Waals surface area contributed by atoms with Crippen LogP contribution in [0.15, 0.2) is 12.3 Å². The first-order valence-corrected chi connectivity index (χ1v) is 8.97. The number of sulfonamides is 1. The third-order valence-electron chi connectivity index (χ3n) is 3.38. The van der Waals surface area contributed by atoms with Gasteiger partial charge in [-0.2, -0.15) is 22.6 Å². The highest BCUT2D eigenvalue weighted by Crippen LogP contribution is 2.38. The lowest BCUT2D eigenvalue weighted by Crippen LogP contribution is -2.51. The molecule has 140 valence electrons. The molecular weight excluding hydrogens is 389 g/mol. The normalized spacial score (nSPS) is 16.7. The fourth-order valence-corrected chi connectivity index (χ4v) is 3.80. The van der Waals surface area contributed by atoms with E-state index in [-0.39, 0.29) is 11.4 Å². The fraction of sp³-hybridized carbons (Fsp3) is 0.583. The van der Waals surface area contributed by atoms with Crippen molar-refractivity contribution in [3.8, 4) is 5.88 Å². The van der Waals surface area contributed by atoms with Crippen molar-refractivity contribution >= 4 is 27.5 Å². The lowest BCUT2D eigenvalue weighted by Gasteiger charge is -2.30. The maximum atomic E-state index is 12.9. The zero-order chi connectivity index (χ0) is 18.8. The van der Waals surface area contributed by atoms with E-state index in [2.05, 4.69) is 10.2 Å². The third kappa shape index (κ3) is 4.30. The molecule has 0 spiro atoms. The first-order chi connectivity index (χ1) is 11.6. The van der Waals surface area contributed by atoms with Crippen LogP contribution in [0.2, 0.25) is 0 Å². The summed E-state index contributed by atoms with van der Waals surface area (Å²) in [5, 5.41) is 7.01. The summed E-state index contributed by atoms with van der Waals surface area (Å²) in [4.78, 5) is 11.3. The van der Waals surface area contributed by atoms with Crippen molar-refractivity contribution < 1.29 is 31.1 Å². The van der Waals surface area contributed by atoms with Crippen LogP contribution in [0.4, 0.5) is 13.2 Å². The number of halogens is 4. The van der Waals surface area contributed by atoms with Crippen molar-refractivity contribution in [3.63, 3.8) is 0 Å². The largest absolute Gasteiger partial charge is 0.511 e. The summed E-state index contributed by atoms with van der Waals surface area (Å²) in [6, 6.07) is -0.883. The average Bonchev–Trinajstić information content (AvgIpc) is 3.34. The molecule has 0 saturated heterocycles. The molecule has 0 radical (unpaired) electrons. The molecule has 2 N–H and O–H groups in total. The van der Waals surface area contributed by atoms with Crippen LogP contribution in [0.5, 0.6) is 5.88 Å². The Bertz CT molecular complexity index is 742. The van der Waals surface area contributed by atoms with Crippen molar-refractivity contribution in [1.82, 2.24) is 14.5 Å². The summed E-state index contributed by atoms with van der Waals surface area (Å²) in [7, 11) is -5.58. The molecule has 1 aromatic rings. The van der Waals surface area contributed by atoms with Crippen molar-refractivity contribution in [2.75, 3.05) is 12.5 Å². The Morgan fingerprint density at radius 3 is 2.60 bits per heavy atom. The number of hydrogen-bond acceptors (Lipinski definition) is 6. The Labute approximate surface area is 146 Å². The number of nitrogens with zero attached hydrogens (tertiary/aromatic N) is 3. The Hall–Kier alpha value is -1.66. The second-order valence-corrected chi connectivity index (χ2v) is 7.39. The molecular formula is C12H14ClF3N4O4S. The van der Waals surface area contributed by atoms with E-state index in [4.69, 9.17) is 22.1 Å². The predicted molar refractivity (Wildman–Crippen MR) is 80.4 cm³/mol. The van der Waals surface area contributed by atoms with E-state index >= 15 is 0 Å². The average molecular weight is 403 g/mol. The summed E-state index contributed by atoms with van der Waals surface area (Å²) in [5.74, 6) is -1.64. The third-order valence-corrected chi connectivity index (χ3v) is 5.47. The van der Waals surface area contributed by atoms with Gasteiger partial charge < -0.3 is 10.5 Å². The predicted octanol–water partition coefficient (Wildman–Crippen LogP) is 0.876. The SMILES string of the molecule is NC(=O)c1ccnnc1OC[C@@H](CCl)N(C1CC1)S(=O)(=O)C(F)(F)F. The highest BCUT2D eigenvalue weighted by molar-refractivity contribution is 7.90. The molecule has 1 amide bonds. The van der Waals surface area contributed by atoms with Crippen LogP contribution < -0.4 is 10.5 Å². The minimum absolute atomic E-state index is 0.139. The monoisotopic (exact) mass is 402 g/mol. The quantitative estimate of drug-likeness (QED) is 0.645. The molecule has 0 aliphatic heterocycles. The molecule has 8 nitrogen and oxygen atoms in total. The first kappa shape index (κ1) is 19.7. The molecule has 1 atom stereocenters. The van der Waals surface area contributed by atoms with Crippen LogP contribution in [-0.4, -0.2) is 58.9 Å². The number of ether oxygens (including phenoxy) is 1. The first-order valence-electron chi connectivity index (χ1n) is 6.99. The minimum Gasteiger partial charge on any atom is -0.474 e. The number of aromatic nitrogens is 2. The summed E-state index contributed by atoms with van der Waals surface area (Å²) in [6.07, 6.45) is 1.76.